The van der Waals surface area contributed by atoms with Crippen LogP contribution in [-0.2, 0) is 6.54 Å². The molecule has 3 rings (SSSR count). The molecule has 0 spiro atoms. The Morgan fingerprint density at radius 3 is 2.86 bits per heavy atom. The van der Waals surface area contributed by atoms with Crippen LogP contribution in [0.2, 0.25) is 0 Å². The van der Waals surface area contributed by atoms with Gasteiger partial charge in [-0.2, -0.15) is 5.26 Å². The first-order valence-electron chi connectivity index (χ1n) is 7.35. The predicted molar refractivity (Wildman–Crippen MR) is 78.4 cm³/mol. The fourth-order valence-electron chi connectivity index (χ4n) is 2.79. The van der Waals surface area contributed by atoms with Crippen LogP contribution in [0.3, 0.4) is 0 Å². The van der Waals surface area contributed by atoms with Gasteiger partial charge in [-0.25, -0.2) is 4.98 Å². The normalized spacial score (nSPS) is 15.6. The van der Waals surface area contributed by atoms with Gasteiger partial charge in [-0.1, -0.05) is 19.3 Å². The molecule has 108 valence electrons. The van der Waals surface area contributed by atoms with Gasteiger partial charge in [0.25, 0.3) is 0 Å². The largest absolute Gasteiger partial charge is 0.363 e. The second-order valence-electron chi connectivity index (χ2n) is 5.34. The number of aromatic nitrogens is 4. The number of rotatable bonds is 4. The van der Waals surface area contributed by atoms with Gasteiger partial charge in [-0.15, -0.1) is 10.2 Å². The monoisotopic (exact) mass is 282 g/mol. The quantitative estimate of drug-likeness (QED) is 0.932. The SMILES string of the molecule is N#Cc1ccc(NCc2nncn2C2CCCCC2)nc1. The molecule has 0 atom stereocenters. The van der Waals surface area contributed by atoms with E-state index >= 15 is 0 Å². The minimum atomic E-state index is 0.527. The van der Waals surface area contributed by atoms with E-state index < -0.39 is 0 Å². The van der Waals surface area contributed by atoms with Crippen LogP contribution in [-0.4, -0.2) is 19.7 Å². The van der Waals surface area contributed by atoms with Crippen molar-refractivity contribution < 1.29 is 0 Å². The molecule has 6 nitrogen and oxygen atoms in total. The molecule has 1 N–H and O–H groups in total. The minimum Gasteiger partial charge on any atom is -0.363 e. The molecular formula is C15H18N6. The molecule has 1 aliphatic rings. The summed E-state index contributed by atoms with van der Waals surface area (Å²) in [5.41, 5.74) is 0.561. The Morgan fingerprint density at radius 2 is 2.14 bits per heavy atom. The molecule has 1 aliphatic carbocycles. The number of nitriles is 1. The van der Waals surface area contributed by atoms with Gasteiger partial charge in [-0.3, -0.25) is 0 Å². The van der Waals surface area contributed by atoms with Gasteiger partial charge in [0.15, 0.2) is 5.82 Å². The maximum Gasteiger partial charge on any atom is 0.152 e. The molecule has 2 heterocycles. The highest BCUT2D eigenvalue weighted by Gasteiger charge is 2.18. The zero-order valence-electron chi connectivity index (χ0n) is 11.9. The average Bonchev–Trinajstić information content (AvgIpc) is 3.03. The summed E-state index contributed by atoms with van der Waals surface area (Å²) in [6, 6.07) is 6.14. The van der Waals surface area contributed by atoms with Gasteiger partial charge in [-0.05, 0) is 25.0 Å². The van der Waals surface area contributed by atoms with Crippen molar-refractivity contribution in [1.29, 1.82) is 5.26 Å². The number of anilines is 1. The molecule has 1 saturated carbocycles. The summed E-state index contributed by atoms with van der Waals surface area (Å²) in [5.74, 6) is 1.68. The lowest BCUT2D eigenvalue weighted by Crippen LogP contribution is -2.16. The van der Waals surface area contributed by atoms with E-state index in [2.05, 4.69) is 31.1 Å². The Hall–Kier alpha value is -2.42. The van der Waals surface area contributed by atoms with Crippen molar-refractivity contribution in [2.75, 3.05) is 5.32 Å². The molecule has 0 bridgehead atoms. The number of hydrogen-bond donors (Lipinski definition) is 1. The lowest BCUT2D eigenvalue weighted by Gasteiger charge is -2.24. The molecule has 2 aromatic heterocycles. The van der Waals surface area contributed by atoms with Crippen molar-refractivity contribution in [3.05, 3.63) is 36.0 Å². The third kappa shape index (κ3) is 3.19. The number of hydrogen-bond acceptors (Lipinski definition) is 5. The molecule has 6 heteroatoms. The summed E-state index contributed by atoms with van der Waals surface area (Å²) in [7, 11) is 0. The smallest absolute Gasteiger partial charge is 0.152 e. The van der Waals surface area contributed by atoms with Crippen LogP contribution in [0, 0.1) is 11.3 Å². The first kappa shape index (κ1) is 13.6. The van der Waals surface area contributed by atoms with E-state index in [1.807, 2.05) is 6.33 Å². The first-order valence-corrected chi connectivity index (χ1v) is 7.35. The molecule has 0 radical (unpaired) electrons. The van der Waals surface area contributed by atoms with Crippen molar-refractivity contribution in [3.8, 4) is 6.07 Å². The molecule has 0 amide bonds. The molecule has 0 aliphatic heterocycles. The van der Waals surface area contributed by atoms with Crippen LogP contribution in [0.4, 0.5) is 5.82 Å². The van der Waals surface area contributed by atoms with Crippen molar-refractivity contribution in [2.24, 2.45) is 0 Å². The Labute approximate surface area is 123 Å². The molecule has 1 fully saturated rings. The standard InChI is InChI=1S/C15H18N6/c16-8-12-6-7-14(17-9-12)18-10-15-20-19-11-21(15)13-4-2-1-3-5-13/h6-7,9,11,13H,1-5,10H2,(H,17,18). The van der Waals surface area contributed by atoms with Gasteiger partial charge in [0.1, 0.15) is 18.2 Å². The van der Waals surface area contributed by atoms with Crippen LogP contribution >= 0.6 is 0 Å². The number of nitrogens with zero attached hydrogens (tertiary/aromatic N) is 5. The van der Waals surface area contributed by atoms with E-state index in [-0.39, 0.29) is 0 Å². The third-order valence-electron chi connectivity index (χ3n) is 3.94. The third-order valence-corrected chi connectivity index (χ3v) is 3.94. The average molecular weight is 282 g/mol. The Bertz CT molecular complexity index is 618. The van der Waals surface area contributed by atoms with Crippen molar-refractivity contribution >= 4 is 5.82 Å². The fraction of sp³-hybridized carbons (Fsp3) is 0.467. The minimum absolute atomic E-state index is 0.527. The molecule has 0 saturated heterocycles. The van der Waals surface area contributed by atoms with E-state index in [1.165, 1.54) is 32.1 Å². The lowest BCUT2D eigenvalue weighted by molar-refractivity contribution is 0.346. The summed E-state index contributed by atoms with van der Waals surface area (Å²) >= 11 is 0. The van der Waals surface area contributed by atoms with E-state index in [1.54, 1.807) is 18.3 Å². The van der Waals surface area contributed by atoms with Gasteiger partial charge < -0.3 is 9.88 Å². The van der Waals surface area contributed by atoms with Crippen LogP contribution in [0.5, 0.6) is 0 Å². The van der Waals surface area contributed by atoms with Crippen LogP contribution in [0.15, 0.2) is 24.7 Å². The number of pyridine rings is 1. The Morgan fingerprint density at radius 1 is 1.29 bits per heavy atom. The second kappa shape index (κ2) is 6.35. The van der Waals surface area contributed by atoms with Crippen molar-refractivity contribution in [1.82, 2.24) is 19.7 Å². The van der Waals surface area contributed by atoms with E-state index in [0.29, 0.717) is 18.2 Å². The zero-order valence-corrected chi connectivity index (χ0v) is 11.9. The highest BCUT2D eigenvalue weighted by Crippen LogP contribution is 2.28. The Kier molecular flexibility index (Phi) is 4.10. The van der Waals surface area contributed by atoms with Crippen LogP contribution < -0.4 is 5.32 Å². The van der Waals surface area contributed by atoms with Crippen LogP contribution in [0.1, 0.15) is 49.5 Å². The van der Waals surface area contributed by atoms with Crippen molar-refractivity contribution in [2.45, 2.75) is 44.7 Å². The highest BCUT2D eigenvalue weighted by atomic mass is 15.3. The van der Waals surface area contributed by atoms with Gasteiger partial charge in [0.2, 0.25) is 0 Å². The molecule has 2 aromatic rings. The van der Waals surface area contributed by atoms with Crippen LogP contribution in [0.25, 0.3) is 0 Å². The first-order chi connectivity index (χ1) is 10.4. The molecule has 0 unspecified atom stereocenters. The Balaban J connectivity index is 1.65. The predicted octanol–water partition coefficient (Wildman–Crippen LogP) is 2.66. The van der Waals surface area contributed by atoms with Crippen molar-refractivity contribution in [3.63, 3.8) is 0 Å². The summed E-state index contributed by atoms with van der Waals surface area (Å²) in [6.45, 7) is 0.593. The maximum atomic E-state index is 8.76. The molecule has 0 aromatic carbocycles. The zero-order chi connectivity index (χ0) is 14.5. The summed E-state index contributed by atoms with van der Waals surface area (Å²) in [6.07, 6.45) is 9.72. The molecular weight excluding hydrogens is 264 g/mol. The van der Waals surface area contributed by atoms with E-state index in [0.717, 1.165) is 11.6 Å². The van der Waals surface area contributed by atoms with Gasteiger partial charge in [0.05, 0.1) is 12.1 Å². The number of nitrogens with one attached hydrogen (secondary N) is 1. The van der Waals surface area contributed by atoms with E-state index in [9.17, 15) is 0 Å². The molecule has 21 heavy (non-hydrogen) atoms. The summed E-state index contributed by atoms with van der Waals surface area (Å²) in [5, 5.41) is 20.2. The van der Waals surface area contributed by atoms with Gasteiger partial charge >= 0.3 is 0 Å². The maximum absolute atomic E-state index is 8.76. The lowest BCUT2D eigenvalue weighted by atomic mass is 9.95. The fourth-order valence-corrected chi connectivity index (χ4v) is 2.79. The summed E-state index contributed by atoms with van der Waals surface area (Å²) < 4.78 is 2.19. The van der Waals surface area contributed by atoms with E-state index in [4.69, 9.17) is 5.26 Å². The highest BCUT2D eigenvalue weighted by molar-refractivity contribution is 5.38. The van der Waals surface area contributed by atoms with Gasteiger partial charge in [0, 0.05) is 12.2 Å². The topological polar surface area (TPSA) is 79.4 Å². The summed E-state index contributed by atoms with van der Waals surface area (Å²) in [4.78, 5) is 4.20. The second-order valence-corrected chi connectivity index (χ2v) is 5.34.